The van der Waals surface area contributed by atoms with Gasteiger partial charge in [0.25, 0.3) is 0 Å². The van der Waals surface area contributed by atoms with Gasteiger partial charge in [-0.05, 0) is 31.0 Å². The van der Waals surface area contributed by atoms with E-state index in [9.17, 15) is 12.8 Å². The first-order valence-corrected chi connectivity index (χ1v) is 7.07. The molecule has 0 heterocycles. The lowest BCUT2D eigenvalue weighted by Gasteiger charge is -2.17. The highest BCUT2D eigenvalue weighted by Crippen LogP contribution is 2.19. The Hall–Kier alpha value is -0.650. The number of hydrogen-bond donors (Lipinski definition) is 1. The first-order valence-electron chi connectivity index (χ1n) is 5.21. The van der Waals surface area contributed by atoms with Gasteiger partial charge in [-0.3, -0.25) is 0 Å². The van der Waals surface area contributed by atoms with Crippen LogP contribution in [0, 0.1) is 11.7 Å². The third kappa shape index (κ3) is 3.66. The fourth-order valence-electron chi connectivity index (χ4n) is 1.14. The van der Waals surface area contributed by atoms with Crippen molar-refractivity contribution in [2.45, 2.75) is 31.7 Å². The lowest BCUT2D eigenvalue weighted by atomic mass is 10.1. The van der Waals surface area contributed by atoms with Crippen molar-refractivity contribution in [3.8, 4) is 0 Å². The zero-order valence-corrected chi connectivity index (χ0v) is 11.4. The molecule has 0 aliphatic heterocycles. The number of sulfonamides is 1. The Kier molecular flexibility index (Phi) is 4.52. The summed E-state index contributed by atoms with van der Waals surface area (Å²) in [5, 5.41) is 0.165. The number of rotatable bonds is 4. The molecule has 0 amide bonds. The normalized spacial score (nSPS) is 14.0. The van der Waals surface area contributed by atoms with Crippen molar-refractivity contribution < 1.29 is 12.8 Å². The predicted octanol–water partition coefficient (Wildman–Crippen LogP) is 2.80. The van der Waals surface area contributed by atoms with Crippen LogP contribution >= 0.6 is 11.6 Å². The van der Waals surface area contributed by atoms with E-state index in [1.807, 2.05) is 13.8 Å². The van der Waals surface area contributed by atoms with E-state index in [0.29, 0.717) is 0 Å². The van der Waals surface area contributed by atoms with Crippen LogP contribution in [0.15, 0.2) is 23.1 Å². The number of benzene rings is 1. The lowest BCUT2D eigenvalue weighted by Crippen LogP contribution is -2.36. The molecular weight excluding hydrogens is 265 g/mol. The van der Waals surface area contributed by atoms with Crippen LogP contribution in [0.5, 0.6) is 0 Å². The number of hydrogen-bond acceptors (Lipinski definition) is 2. The molecule has 17 heavy (non-hydrogen) atoms. The summed E-state index contributed by atoms with van der Waals surface area (Å²) >= 11 is 5.57. The lowest BCUT2D eigenvalue weighted by molar-refractivity contribution is 0.473. The Morgan fingerprint density at radius 2 is 1.88 bits per heavy atom. The summed E-state index contributed by atoms with van der Waals surface area (Å²) in [6.45, 7) is 5.49. The molecule has 96 valence electrons. The standard InChI is InChI=1S/C11H15ClFNO2S/c1-7(2)8(3)14-17(15,16)11-5-4-9(12)6-10(11)13/h4-8,14H,1-3H3. The molecule has 0 aliphatic carbocycles. The van der Waals surface area contributed by atoms with Gasteiger partial charge < -0.3 is 0 Å². The number of nitrogens with one attached hydrogen (secondary N) is 1. The summed E-state index contributed by atoms with van der Waals surface area (Å²) in [5.74, 6) is -0.721. The average Bonchev–Trinajstić information content (AvgIpc) is 2.15. The van der Waals surface area contributed by atoms with Crippen molar-refractivity contribution >= 4 is 21.6 Å². The van der Waals surface area contributed by atoms with Gasteiger partial charge in [-0.2, -0.15) is 0 Å². The van der Waals surface area contributed by atoms with Gasteiger partial charge in [-0.15, -0.1) is 0 Å². The molecule has 1 rings (SSSR count). The molecule has 1 unspecified atom stereocenters. The molecule has 1 N–H and O–H groups in total. The fraction of sp³-hybridized carbons (Fsp3) is 0.455. The van der Waals surface area contributed by atoms with Crippen LogP contribution in [0.2, 0.25) is 5.02 Å². The van der Waals surface area contributed by atoms with E-state index in [2.05, 4.69) is 4.72 Å². The minimum atomic E-state index is -3.84. The molecule has 0 saturated heterocycles. The van der Waals surface area contributed by atoms with Crippen LogP contribution in [0.4, 0.5) is 4.39 Å². The summed E-state index contributed by atoms with van der Waals surface area (Å²) in [5.41, 5.74) is 0. The Labute approximate surface area is 106 Å². The largest absolute Gasteiger partial charge is 0.243 e. The van der Waals surface area contributed by atoms with E-state index in [0.717, 1.165) is 12.1 Å². The van der Waals surface area contributed by atoms with Crippen LogP contribution in [-0.2, 0) is 10.0 Å². The molecule has 1 aromatic rings. The van der Waals surface area contributed by atoms with Crippen molar-refractivity contribution in [3.63, 3.8) is 0 Å². The van der Waals surface area contributed by atoms with Crippen LogP contribution in [-0.4, -0.2) is 14.5 Å². The fourth-order valence-corrected chi connectivity index (χ4v) is 2.75. The van der Waals surface area contributed by atoms with Crippen molar-refractivity contribution in [1.29, 1.82) is 0 Å². The van der Waals surface area contributed by atoms with Crippen molar-refractivity contribution in [2.75, 3.05) is 0 Å². The van der Waals surface area contributed by atoms with Gasteiger partial charge in [0.2, 0.25) is 10.0 Å². The summed E-state index contributed by atoms with van der Waals surface area (Å²) in [6.07, 6.45) is 0. The molecule has 0 aliphatic rings. The molecule has 0 aromatic heterocycles. The molecule has 0 saturated carbocycles. The highest BCUT2D eigenvalue weighted by Gasteiger charge is 2.22. The highest BCUT2D eigenvalue weighted by atomic mass is 35.5. The molecule has 3 nitrogen and oxygen atoms in total. The topological polar surface area (TPSA) is 46.2 Å². The van der Waals surface area contributed by atoms with E-state index < -0.39 is 15.8 Å². The zero-order valence-electron chi connectivity index (χ0n) is 9.87. The predicted molar refractivity (Wildman–Crippen MR) is 66.0 cm³/mol. The van der Waals surface area contributed by atoms with Gasteiger partial charge in [0.1, 0.15) is 10.7 Å². The van der Waals surface area contributed by atoms with Crippen molar-refractivity contribution in [1.82, 2.24) is 4.72 Å². The summed E-state index contributed by atoms with van der Waals surface area (Å²) in [7, 11) is -3.84. The van der Waals surface area contributed by atoms with E-state index in [4.69, 9.17) is 11.6 Å². The first kappa shape index (κ1) is 14.4. The third-order valence-electron chi connectivity index (χ3n) is 2.52. The summed E-state index contributed by atoms with van der Waals surface area (Å²) < 4.78 is 39.7. The van der Waals surface area contributed by atoms with Crippen LogP contribution in [0.25, 0.3) is 0 Å². The van der Waals surface area contributed by atoms with Gasteiger partial charge in [-0.1, -0.05) is 25.4 Å². The van der Waals surface area contributed by atoms with Crippen molar-refractivity contribution in [2.24, 2.45) is 5.92 Å². The van der Waals surface area contributed by atoms with E-state index in [1.165, 1.54) is 6.07 Å². The Morgan fingerprint density at radius 1 is 1.29 bits per heavy atom. The Balaban J connectivity index is 3.06. The molecule has 0 bridgehead atoms. The first-order chi connectivity index (χ1) is 7.74. The molecule has 0 fully saturated rings. The van der Waals surface area contributed by atoms with Crippen LogP contribution in [0.1, 0.15) is 20.8 Å². The Bertz CT molecular complexity index is 502. The van der Waals surface area contributed by atoms with Gasteiger partial charge in [0.15, 0.2) is 0 Å². The Morgan fingerprint density at radius 3 is 2.35 bits per heavy atom. The van der Waals surface area contributed by atoms with Gasteiger partial charge in [0.05, 0.1) is 0 Å². The minimum absolute atomic E-state index is 0.125. The van der Waals surface area contributed by atoms with Gasteiger partial charge in [0, 0.05) is 11.1 Å². The highest BCUT2D eigenvalue weighted by molar-refractivity contribution is 7.89. The van der Waals surface area contributed by atoms with E-state index in [-0.39, 0.29) is 21.9 Å². The zero-order chi connectivity index (χ0) is 13.2. The van der Waals surface area contributed by atoms with Gasteiger partial charge in [-0.25, -0.2) is 17.5 Å². The molecule has 0 spiro atoms. The summed E-state index contributed by atoms with van der Waals surface area (Å²) in [4.78, 5) is -0.380. The molecule has 0 radical (unpaired) electrons. The monoisotopic (exact) mass is 279 g/mol. The molecule has 1 aromatic carbocycles. The average molecular weight is 280 g/mol. The molecule has 6 heteroatoms. The smallest absolute Gasteiger partial charge is 0.208 e. The van der Waals surface area contributed by atoms with E-state index in [1.54, 1.807) is 6.92 Å². The molecule has 1 atom stereocenters. The third-order valence-corrected chi connectivity index (χ3v) is 4.35. The molecular formula is C11H15ClFNO2S. The maximum atomic E-state index is 13.5. The summed E-state index contributed by atoms with van der Waals surface area (Å²) in [6, 6.07) is 3.22. The van der Waals surface area contributed by atoms with Crippen molar-refractivity contribution in [3.05, 3.63) is 29.0 Å². The second kappa shape index (κ2) is 5.33. The van der Waals surface area contributed by atoms with Crippen LogP contribution < -0.4 is 4.72 Å². The van der Waals surface area contributed by atoms with Gasteiger partial charge >= 0.3 is 0 Å². The quantitative estimate of drug-likeness (QED) is 0.921. The van der Waals surface area contributed by atoms with Crippen LogP contribution in [0.3, 0.4) is 0 Å². The second-order valence-corrected chi connectivity index (χ2v) is 6.35. The maximum Gasteiger partial charge on any atom is 0.243 e. The maximum absolute atomic E-state index is 13.5. The van der Waals surface area contributed by atoms with E-state index >= 15 is 0 Å². The SMILES string of the molecule is CC(C)C(C)NS(=O)(=O)c1ccc(Cl)cc1F. The number of halogens is 2. The second-order valence-electron chi connectivity index (χ2n) is 4.23. The minimum Gasteiger partial charge on any atom is -0.208 e.